The molecule has 7 heteroatoms. The molecule has 0 fully saturated rings. The van der Waals surface area contributed by atoms with Crippen molar-refractivity contribution in [2.45, 2.75) is 6.92 Å². The van der Waals surface area contributed by atoms with Gasteiger partial charge < -0.3 is 18.9 Å². The van der Waals surface area contributed by atoms with Crippen LogP contribution in [-0.4, -0.2) is 40.1 Å². The minimum atomic E-state index is -0.366. The number of aryl methyl sites for hydroxylation is 1. The predicted molar refractivity (Wildman–Crippen MR) is 98.5 cm³/mol. The third kappa shape index (κ3) is 5.14. The van der Waals surface area contributed by atoms with Gasteiger partial charge in [-0.25, -0.2) is 5.43 Å². The molecule has 0 saturated carbocycles. The van der Waals surface area contributed by atoms with Crippen LogP contribution in [0.2, 0.25) is 0 Å². The van der Waals surface area contributed by atoms with E-state index in [9.17, 15) is 4.79 Å². The Labute approximate surface area is 152 Å². The summed E-state index contributed by atoms with van der Waals surface area (Å²) < 4.78 is 20.9. The quantitative estimate of drug-likeness (QED) is 0.580. The smallest absolute Gasteiger partial charge is 0.277 e. The zero-order valence-electron chi connectivity index (χ0n) is 15.2. The number of benzene rings is 2. The van der Waals surface area contributed by atoms with Gasteiger partial charge in [0.2, 0.25) is 0 Å². The summed E-state index contributed by atoms with van der Waals surface area (Å²) in [5, 5.41) is 3.95. The van der Waals surface area contributed by atoms with Crippen LogP contribution in [0.15, 0.2) is 41.5 Å². The highest BCUT2D eigenvalue weighted by Gasteiger charge is 2.07. The number of hydrogen-bond donors (Lipinski definition) is 1. The van der Waals surface area contributed by atoms with Crippen molar-refractivity contribution in [3.8, 4) is 23.0 Å². The minimum Gasteiger partial charge on any atom is -0.497 e. The minimum absolute atomic E-state index is 0.144. The zero-order valence-corrected chi connectivity index (χ0v) is 15.2. The molecule has 7 nitrogen and oxygen atoms in total. The van der Waals surface area contributed by atoms with Crippen LogP contribution < -0.4 is 24.4 Å². The Balaban J connectivity index is 1.90. The van der Waals surface area contributed by atoms with E-state index in [1.54, 1.807) is 57.9 Å². The van der Waals surface area contributed by atoms with E-state index in [0.717, 1.165) is 16.9 Å². The summed E-state index contributed by atoms with van der Waals surface area (Å²) in [5.41, 5.74) is 4.17. The molecule has 2 aromatic rings. The lowest BCUT2D eigenvalue weighted by Crippen LogP contribution is -2.24. The second-order valence-electron chi connectivity index (χ2n) is 5.32. The lowest BCUT2D eigenvalue weighted by atomic mass is 10.1. The number of hydrogen-bond acceptors (Lipinski definition) is 6. The first-order valence-electron chi connectivity index (χ1n) is 7.88. The number of amides is 1. The third-order valence-electron chi connectivity index (χ3n) is 3.59. The first-order chi connectivity index (χ1) is 12.6. The van der Waals surface area contributed by atoms with E-state index in [1.807, 2.05) is 13.0 Å². The molecule has 2 aromatic carbocycles. The number of hydrazone groups is 1. The van der Waals surface area contributed by atoms with Crippen molar-refractivity contribution in [2.75, 3.05) is 27.9 Å². The maximum atomic E-state index is 11.8. The summed E-state index contributed by atoms with van der Waals surface area (Å²) in [5.74, 6) is 2.15. The van der Waals surface area contributed by atoms with Crippen LogP contribution >= 0.6 is 0 Å². The Kier molecular flexibility index (Phi) is 6.84. The fourth-order valence-corrected chi connectivity index (χ4v) is 2.16. The maximum Gasteiger partial charge on any atom is 0.277 e. The summed E-state index contributed by atoms with van der Waals surface area (Å²) in [6.07, 6.45) is 1.54. The van der Waals surface area contributed by atoms with Crippen molar-refractivity contribution in [2.24, 2.45) is 5.10 Å². The van der Waals surface area contributed by atoms with E-state index in [-0.39, 0.29) is 12.5 Å². The van der Waals surface area contributed by atoms with Gasteiger partial charge in [0.15, 0.2) is 18.1 Å². The van der Waals surface area contributed by atoms with Crippen LogP contribution in [0, 0.1) is 6.92 Å². The first kappa shape index (κ1) is 19.1. The molecule has 0 aliphatic heterocycles. The normalized spacial score (nSPS) is 10.5. The first-order valence-corrected chi connectivity index (χ1v) is 7.88. The van der Waals surface area contributed by atoms with Crippen LogP contribution in [0.3, 0.4) is 0 Å². The molecule has 0 saturated heterocycles. The summed E-state index contributed by atoms with van der Waals surface area (Å²) in [6.45, 7) is 1.77. The van der Waals surface area contributed by atoms with Gasteiger partial charge in [-0.1, -0.05) is 0 Å². The molecule has 1 N–H and O–H groups in total. The van der Waals surface area contributed by atoms with E-state index < -0.39 is 0 Å². The average molecular weight is 358 g/mol. The molecule has 138 valence electrons. The number of rotatable bonds is 8. The molecule has 0 aromatic heterocycles. The Morgan fingerprint density at radius 1 is 1.00 bits per heavy atom. The third-order valence-corrected chi connectivity index (χ3v) is 3.59. The average Bonchev–Trinajstić information content (AvgIpc) is 2.67. The van der Waals surface area contributed by atoms with Gasteiger partial charge in [0.1, 0.15) is 11.5 Å². The Morgan fingerprint density at radius 2 is 1.62 bits per heavy atom. The molecule has 0 spiro atoms. The fraction of sp³-hybridized carbons (Fsp3) is 0.263. The molecule has 0 heterocycles. The van der Waals surface area contributed by atoms with Crippen molar-refractivity contribution >= 4 is 12.1 Å². The van der Waals surface area contributed by atoms with Crippen LogP contribution in [0.4, 0.5) is 0 Å². The molecular formula is C19H22N2O5. The van der Waals surface area contributed by atoms with Crippen LogP contribution in [0.5, 0.6) is 23.0 Å². The van der Waals surface area contributed by atoms with Crippen molar-refractivity contribution in [3.63, 3.8) is 0 Å². The van der Waals surface area contributed by atoms with Crippen molar-refractivity contribution in [1.82, 2.24) is 5.43 Å². The molecule has 26 heavy (non-hydrogen) atoms. The van der Waals surface area contributed by atoms with E-state index in [4.69, 9.17) is 18.9 Å². The predicted octanol–water partition coefficient (Wildman–Crippen LogP) is 2.55. The largest absolute Gasteiger partial charge is 0.497 e. The van der Waals surface area contributed by atoms with Gasteiger partial charge in [0.05, 0.1) is 27.5 Å². The number of methoxy groups -OCH3 is 3. The number of nitrogens with zero attached hydrogens (tertiary/aromatic N) is 1. The molecule has 0 radical (unpaired) electrons. The Hall–Kier alpha value is -3.22. The summed E-state index contributed by atoms with van der Waals surface area (Å²) in [4.78, 5) is 11.8. The van der Waals surface area contributed by atoms with Crippen molar-refractivity contribution in [3.05, 3.63) is 47.5 Å². The molecule has 0 aliphatic carbocycles. The Bertz CT molecular complexity index is 772. The van der Waals surface area contributed by atoms with Crippen LogP contribution in [0.1, 0.15) is 11.1 Å². The lowest BCUT2D eigenvalue weighted by Gasteiger charge is -2.10. The van der Waals surface area contributed by atoms with Gasteiger partial charge in [-0.3, -0.25) is 4.79 Å². The highest BCUT2D eigenvalue weighted by Crippen LogP contribution is 2.29. The number of ether oxygens (including phenoxy) is 4. The van der Waals surface area contributed by atoms with E-state index >= 15 is 0 Å². The molecule has 0 unspecified atom stereocenters. The van der Waals surface area contributed by atoms with Crippen LogP contribution in [0.25, 0.3) is 0 Å². The van der Waals surface area contributed by atoms with Gasteiger partial charge in [0, 0.05) is 5.56 Å². The molecule has 0 aliphatic rings. The number of nitrogens with one attached hydrogen (secondary N) is 1. The molecule has 0 bridgehead atoms. The van der Waals surface area contributed by atoms with Crippen molar-refractivity contribution < 1.29 is 23.7 Å². The van der Waals surface area contributed by atoms with E-state index in [0.29, 0.717) is 17.2 Å². The zero-order chi connectivity index (χ0) is 18.9. The summed E-state index contributed by atoms with van der Waals surface area (Å²) >= 11 is 0. The van der Waals surface area contributed by atoms with Gasteiger partial charge in [-0.15, -0.1) is 0 Å². The molecule has 1 amide bonds. The topological polar surface area (TPSA) is 78.4 Å². The molecule has 2 rings (SSSR count). The van der Waals surface area contributed by atoms with Crippen LogP contribution in [-0.2, 0) is 4.79 Å². The second kappa shape index (κ2) is 9.31. The lowest BCUT2D eigenvalue weighted by molar-refractivity contribution is -0.123. The number of carbonyl (C=O) groups excluding carboxylic acids is 1. The molecule has 0 atom stereocenters. The van der Waals surface area contributed by atoms with E-state index in [1.165, 1.54) is 0 Å². The van der Waals surface area contributed by atoms with Gasteiger partial charge in [-0.2, -0.15) is 5.10 Å². The molecular weight excluding hydrogens is 336 g/mol. The second-order valence-corrected chi connectivity index (χ2v) is 5.32. The highest BCUT2D eigenvalue weighted by atomic mass is 16.5. The fourth-order valence-electron chi connectivity index (χ4n) is 2.16. The monoisotopic (exact) mass is 358 g/mol. The van der Waals surface area contributed by atoms with Gasteiger partial charge in [0.25, 0.3) is 5.91 Å². The van der Waals surface area contributed by atoms with Crippen molar-refractivity contribution in [1.29, 1.82) is 0 Å². The highest BCUT2D eigenvalue weighted by molar-refractivity contribution is 5.85. The summed E-state index contributed by atoms with van der Waals surface area (Å²) in [7, 11) is 4.72. The standard InChI is InChI=1S/C19H22N2O5/c1-13-9-17(24-3)18(25-4)10-14(13)11-20-21-19(22)12-26-16-7-5-15(23-2)6-8-16/h5-11H,12H2,1-4H3,(H,21,22). The van der Waals surface area contributed by atoms with E-state index in [2.05, 4.69) is 10.5 Å². The SMILES string of the molecule is COc1ccc(OCC(=O)NN=Cc2cc(OC)c(OC)cc2C)cc1. The van der Waals surface area contributed by atoms with Gasteiger partial charge >= 0.3 is 0 Å². The summed E-state index contributed by atoms with van der Waals surface area (Å²) in [6, 6.07) is 10.6. The Morgan fingerprint density at radius 3 is 2.23 bits per heavy atom. The number of carbonyl (C=O) groups is 1. The maximum absolute atomic E-state index is 11.8. The van der Waals surface area contributed by atoms with Gasteiger partial charge in [-0.05, 0) is 48.9 Å².